The van der Waals surface area contributed by atoms with Gasteiger partial charge in [0.2, 0.25) is 5.79 Å². The molecule has 1 aliphatic heterocycles. The van der Waals surface area contributed by atoms with Crippen LogP contribution in [0.1, 0.15) is 41.0 Å². The first-order chi connectivity index (χ1) is 14.3. The van der Waals surface area contributed by atoms with Crippen molar-refractivity contribution in [2.24, 2.45) is 0 Å². The number of aromatic nitrogens is 2. The molecule has 1 aromatic carbocycles. The number of nitrogen functional groups attached to an aromatic ring is 1. The number of nitrogens with zero attached hydrogens (tertiary/aromatic N) is 2. The van der Waals surface area contributed by atoms with E-state index in [-0.39, 0.29) is 5.91 Å². The van der Waals surface area contributed by atoms with Crippen LogP contribution in [0, 0.1) is 6.92 Å². The van der Waals surface area contributed by atoms with Gasteiger partial charge in [-0.15, -0.1) is 0 Å². The van der Waals surface area contributed by atoms with Crippen molar-refractivity contribution >= 4 is 11.7 Å². The van der Waals surface area contributed by atoms with E-state index < -0.39 is 5.79 Å². The van der Waals surface area contributed by atoms with E-state index in [0.717, 1.165) is 33.7 Å². The van der Waals surface area contributed by atoms with Crippen molar-refractivity contribution < 1.29 is 14.3 Å². The minimum Gasteiger partial charge on any atom is -0.461 e. The molecule has 0 bridgehead atoms. The van der Waals surface area contributed by atoms with Crippen molar-refractivity contribution in [1.82, 2.24) is 15.3 Å². The maximum Gasteiger partial charge on any atom is 0.251 e. The molecule has 0 atom stereocenters. The van der Waals surface area contributed by atoms with Crippen LogP contribution in [0.2, 0.25) is 0 Å². The summed E-state index contributed by atoms with van der Waals surface area (Å²) in [6.45, 7) is 6.40. The number of rotatable bonds is 4. The maximum absolute atomic E-state index is 12.6. The van der Waals surface area contributed by atoms with Crippen molar-refractivity contribution in [3.8, 4) is 16.9 Å². The fourth-order valence-electron chi connectivity index (χ4n) is 3.31. The van der Waals surface area contributed by atoms with Gasteiger partial charge in [0.05, 0.1) is 12.3 Å². The molecule has 3 N–H and O–H groups in total. The van der Waals surface area contributed by atoms with Gasteiger partial charge in [-0.3, -0.25) is 9.78 Å². The van der Waals surface area contributed by atoms with Gasteiger partial charge in [-0.1, -0.05) is 12.1 Å². The third kappa shape index (κ3) is 4.11. The van der Waals surface area contributed by atoms with Crippen LogP contribution < -0.4 is 15.8 Å². The monoisotopic (exact) mass is 404 g/mol. The van der Waals surface area contributed by atoms with Gasteiger partial charge < -0.3 is 20.5 Å². The Morgan fingerprint density at radius 2 is 1.83 bits per heavy atom. The molecule has 3 heterocycles. The van der Waals surface area contributed by atoms with Crippen LogP contribution in [0.4, 0.5) is 5.82 Å². The van der Waals surface area contributed by atoms with Crippen molar-refractivity contribution in [3.63, 3.8) is 0 Å². The second kappa shape index (κ2) is 7.76. The van der Waals surface area contributed by atoms with Gasteiger partial charge in [-0.05, 0) is 42.3 Å². The summed E-state index contributed by atoms with van der Waals surface area (Å²) in [5.41, 5.74) is 10.7. The number of nitrogens with one attached hydrogen (secondary N) is 1. The maximum atomic E-state index is 12.6. The summed E-state index contributed by atoms with van der Waals surface area (Å²) in [7, 11) is 0. The number of carbonyl (C=O) groups excluding carboxylic acids is 1. The van der Waals surface area contributed by atoms with Crippen molar-refractivity contribution in [3.05, 3.63) is 71.2 Å². The molecule has 2 aromatic heterocycles. The average Bonchev–Trinajstić information content (AvgIpc) is 2.73. The molecular formula is C23H24N4O3. The number of nitrogens with two attached hydrogens (primary N) is 1. The number of ether oxygens (including phenoxy) is 2. The first kappa shape index (κ1) is 19.8. The molecule has 0 unspecified atom stereocenters. The number of carbonyl (C=O) groups is 1. The summed E-state index contributed by atoms with van der Waals surface area (Å²) in [6, 6.07) is 11.0. The van der Waals surface area contributed by atoms with Crippen molar-refractivity contribution in [1.29, 1.82) is 0 Å². The Bertz CT molecular complexity index is 1080. The quantitative estimate of drug-likeness (QED) is 0.689. The van der Waals surface area contributed by atoms with Crippen LogP contribution in [-0.2, 0) is 17.9 Å². The molecule has 7 heteroatoms. The normalized spacial score (nSPS) is 14.5. The van der Waals surface area contributed by atoms with Gasteiger partial charge in [-0.25, -0.2) is 4.98 Å². The third-order valence-corrected chi connectivity index (χ3v) is 5.02. The summed E-state index contributed by atoms with van der Waals surface area (Å²) in [6.07, 6.45) is 3.47. The molecular weight excluding hydrogens is 380 g/mol. The van der Waals surface area contributed by atoms with Gasteiger partial charge in [-0.2, -0.15) is 0 Å². The van der Waals surface area contributed by atoms with Gasteiger partial charge in [0.25, 0.3) is 5.91 Å². The Morgan fingerprint density at radius 3 is 2.53 bits per heavy atom. The number of benzene rings is 1. The summed E-state index contributed by atoms with van der Waals surface area (Å²) >= 11 is 0. The van der Waals surface area contributed by atoms with Gasteiger partial charge >= 0.3 is 0 Å². The molecule has 3 aromatic rings. The van der Waals surface area contributed by atoms with E-state index in [2.05, 4.69) is 15.3 Å². The van der Waals surface area contributed by atoms with E-state index in [1.54, 1.807) is 30.6 Å². The summed E-state index contributed by atoms with van der Waals surface area (Å²) in [5, 5.41) is 2.95. The number of hydrogen-bond donors (Lipinski definition) is 2. The van der Waals surface area contributed by atoms with E-state index >= 15 is 0 Å². The zero-order chi connectivity index (χ0) is 21.3. The second-order valence-electron chi connectivity index (χ2n) is 7.70. The molecule has 7 nitrogen and oxygen atoms in total. The number of aryl methyl sites for hydroxylation is 1. The minimum atomic E-state index is -0.691. The molecule has 1 amide bonds. The highest BCUT2D eigenvalue weighted by molar-refractivity contribution is 5.94. The third-order valence-electron chi connectivity index (χ3n) is 5.02. The first-order valence-corrected chi connectivity index (χ1v) is 9.73. The van der Waals surface area contributed by atoms with Crippen LogP contribution in [0.25, 0.3) is 11.1 Å². The Labute approximate surface area is 175 Å². The highest BCUT2D eigenvalue weighted by Gasteiger charge is 2.30. The summed E-state index contributed by atoms with van der Waals surface area (Å²) in [4.78, 5) is 21.1. The number of amides is 1. The Morgan fingerprint density at radius 1 is 1.10 bits per heavy atom. The SMILES string of the molecule is Cc1ncc(CNC(=O)c2ccc(-c3ccc(N)nc3)cc2)c2c1OC(C)(C)OC2. The largest absolute Gasteiger partial charge is 0.461 e. The number of anilines is 1. The molecule has 0 saturated heterocycles. The van der Waals surface area contributed by atoms with Crippen LogP contribution in [-0.4, -0.2) is 21.7 Å². The molecule has 0 fully saturated rings. The standard InChI is InChI=1S/C23H24N4O3/c1-14-21-19(13-29-23(2,3)30-21)18(11-25-14)12-27-22(28)16-6-4-15(5-7-16)17-8-9-20(24)26-10-17/h4-11H,12-13H2,1-3H3,(H2,24,26)(H,27,28). The zero-order valence-corrected chi connectivity index (χ0v) is 17.2. The van der Waals surface area contributed by atoms with E-state index in [1.807, 2.05) is 39.0 Å². The first-order valence-electron chi connectivity index (χ1n) is 9.73. The summed E-state index contributed by atoms with van der Waals surface area (Å²) in [5.74, 6) is 0.355. The molecule has 0 radical (unpaired) electrons. The van der Waals surface area contributed by atoms with E-state index in [4.69, 9.17) is 15.2 Å². The van der Waals surface area contributed by atoms with Crippen LogP contribution in [0.15, 0.2) is 48.8 Å². The number of hydrogen-bond acceptors (Lipinski definition) is 6. The molecule has 4 rings (SSSR count). The zero-order valence-electron chi connectivity index (χ0n) is 17.2. The van der Waals surface area contributed by atoms with Gasteiger partial charge in [0, 0.05) is 49.5 Å². The molecule has 154 valence electrons. The number of pyridine rings is 2. The second-order valence-corrected chi connectivity index (χ2v) is 7.70. The highest BCUT2D eigenvalue weighted by atomic mass is 16.7. The Hall–Kier alpha value is -3.45. The lowest BCUT2D eigenvalue weighted by Crippen LogP contribution is -2.36. The Kier molecular flexibility index (Phi) is 5.13. The number of fused-ring (bicyclic) bond motifs is 1. The predicted molar refractivity (Wildman–Crippen MR) is 114 cm³/mol. The molecule has 30 heavy (non-hydrogen) atoms. The molecule has 0 spiro atoms. The molecule has 0 saturated carbocycles. The minimum absolute atomic E-state index is 0.163. The van der Waals surface area contributed by atoms with Crippen LogP contribution in [0.5, 0.6) is 5.75 Å². The molecule has 0 aliphatic carbocycles. The topological polar surface area (TPSA) is 99.4 Å². The van der Waals surface area contributed by atoms with Crippen molar-refractivity contribution in [2.75, 3.05) is 5.73 Å². The Balaban J connectivity index is 1.46. The van der Waals surface area contributed by atoms with Gasteiger partial charge in [0.1, 0.15) is 11.6 Å². The van der Waals surface area contributed by atoms with Crippen LogP contribution in [0.3, 0.4) is 0 Å². The lowest BCUT2D eigenvalue weighted by Gasteiger charge is -2.34. The fraction of sp³-hybridized carbons (Fsp3) is 0.261. The van der Waals surface area contributed by atoms with E-state index in [0.29, 0.717) is 24.5 Å². The smallest absolute Gasteiger partial charge is 0.251 e. The lowest BCUT2D eigenvalue weighted by molar-refractivity contribution is -0.180. The van der Waals surface area contributed by atoms with Crippen LogP contribution >= 0.6 is 0 Å². The highest BCUT2D eigenvalue weighted by Crippen LogP contribution is 2.35. The predicted octanol–water partition coefficient (Wildman–Crippen LogP) is 3.61. The average molecular weight is 404 g/mol. The van der Waals surface area contributed by atoms with Gasteiger partial charge in [0.15, 0.2) is 0 Å². The van der Waals surface area contributed by atoms with E-state index in [9.17, 15) is 4.79 Å². The fourth-order valence-corrected chi connectivity index (χ4v) is 3.31. The van der Waals surface area contributed by atoms with E-state index in [1.165, 1.54) is 0 Å². The lowest BCUT2D eigenvalue weighted by atomic mass is 10.0. The molecule has 1 aliphatic rings. The summed E-state index contributed by atoms with van der Waals surface area (Å²) < 4.78 is 11.7. The van der Waals surface area contributed by atoms with Crippen molar-refractivity contribution in [2.45, 2.75) is 39.7 Å².